The second-order valence-electron chi connectivity index (χ2n) is 9.30. The summed E-state index contributed by atoms with van der Waals surface area (Å²) >= 11 is 6.30. The van der Waals surface area contributed by atoms with E-state index in [4.69, 9.17) is 11.6 Å². The zero-order chi connectivity index (χ0) is 25.0. The summed E-state index contributed by atoms with van der Waals surface area (Å²) in [5.74, 6) is 0.378. The van der Waals surface area contributed by atoms with Crippen LogP contribution in [0.2, 0.25) is 5.15 Å². The minimum absolute atomic E-state index is 0.0240. The van der Waals surface area contributed by atoms with Crippen molar-refractivity contribution < 1.29 is 13.1 Å². The van der Waals surface area contributed by atoms with Crippen molar-refractivity contribution in [3.05, 3.63) is 76.7 Å². The Balaban J connectivity index is 1.42. The molecule has 192 valence electrons. The number of hydrogen-bond acceptors (Lipinski definition) is 5. The molecule has 3 aliphatic rings. The first-order valence-electron chi connectivity index (χ1n) is 12.7. The molecule has 0 radical (unpaired) electrons. The van der Waals surface area contributed by atoms with Crippen LogP contribution in [0.15, 0.2) is 60.3 Å². The van der Waals surface area contributed by atoms with Crippen molar-refractivity contribution >= 4 is 30.0 Å². The van der Waals surface area contributed by atoms with E-state index >= 15 is 8.63 Å². The van der Waals surface area contributed by atoms with Gasteiger partial charge in [0, 0.05) is 50.1 Å². The largest absolute Gasteiger partial charge is 0.640 e. The van der Waals surface area contributed by atoms with Crippen LogP contribution in [0, 0.1) is 0 Å². The van der Waals surface area contributed by atoms with Crippen molar-refractivity contribution in [3.8, 4) is 0 Å². The fourth-order valence-corrected chi connectivity index (χ4v) is 5.34. The predicted octanol–water partition coefficient (Wildman–Crippen LogP) is 1.84. The van der Waals surface area contributed by atoms with E-state index in [0.717, 1.165) is 72.3 Å². The normalized spacial score (nSPS) is 22.9. The maximum atomic E-state index is 16.0. The molecule has 1 aromatic heterocycles. The first kappa shape index (κ1) is 25.2. The highest BCUT2D eigenvalue weighted by atomic mass is 35.5. The molecule has 1 atom stereocenters. The lowest BCUT2D eigenvalue weighted by atomic mass is 9.86. The summed E-state index contributed by atoms with van der Waals surface area (Å²) in [4.78, 5) is 0. The van der Waals surface area contributed by atoms with Gasteiger partial charge in [-0.25, -0.2) is 0 Å². The first-order chi connectivity index (χ1) is 17.6. The van der Waals surface area contributed by atoms with E-state index in [1.165, 1.54) is 0 Å². The highest BCUT2D eigenvalue weighted by Gasteiger charge is 2.49. The zero-order valence-electron chi connectivity index (χ0n) is 20.2. The molecule has 3 aliphatic heterocycles. The summed E-state index contributed by atoms with van der Waals surface area (Å²) < 4.78 is 34.1. The summed E-state index contributed by atoms with van der Waals surface area (Å²) in [6.07, 6.45) is 4.61. The molecule has 5 N–H and O–H groups in total. The van der Waals surface area contributed by atoms with Crippen LogP contribution in [0.1, 0.15) is 17.7 Å². The van der Waals surface area contributed by atoms with Gasteiger partial charge in [-0.05, 0) is 43.3 Å². The summed E-state index contributed by atoms with van der Waals surface area (Å²) in [5.41, 5.74) is 2.51. The Bertz CT molecular complexity index is 1150. The number of nitrogens with one attached hydrogen (secondary N) is 5. The molecule has 1 fully saturated rings. The van der Waals surface area contributed by atoms with Gasteiger partial charge in [0.05, 0.1) is 23.4 Å². The van der Waals surface area contributed by atoms with E-state index in [1.807, 2.05) is 30.3 Å². The number of nitrogens with zero attached hydrogens (tertiary/aromatic N) is 2. The molecule has 0 aliphatic carbocycles. The van der Waals surface area contributed by atoms with Crippen LogP contribution in [0.3, 0.4) is 0 Å². The molecule has 0 spiro atoms. The minimum Gasteiger partial charge on any atom is -0.414 e. The molecular weight excluding hydrogens is 483 g/mol. The van der Waals surface area contributed by atoms with Crippen LogP contribution in [0.4, 0.5) is 8.63 Å². The molecule has 0 bridgehead atoms. The molecule has 0 saturated carbocycles. The van der Waals surface area contributed by atoms with Crippen molar-refractivity contribution in [3.63, 3.8) is 0 Å². The topological polar surface area (TPSA) is 68.1 Å². The van der Waals surface area contributed by atoms with Crippen molar-refractivity contribution in [1.29, 1.82) is 0 Å². The van der Waals surface area contributed by atoms with Crippen molar-refractivity contribution in [2.45, 2.75) is 12.5 Å². The number of fused-ring (bicyclic) bond motifs is 2. The number of rotatable bonds is 3. The van der Waals surface area contributed by atoms with Crippen LogP contribution in [0.5, 0.6) is 0 Å². The second-order valence-corrected chi connectivity index (χ2v) is 9.69. The smallest absolute Gasteiger partial charge is 0.414 e. The third kappa shape index (κ3) is 5.14. The first-order valence-corrected chi connectivity index (χ1v) is 13.1. The molecular formula is C25H33BClF2N7. The second kappa shape index (κ2) is 11.3. The maximum Gasteiger partial charge on any atom is 0.640 e. The number of aromatic nitrogens is 1. The van der Waals surface area contributed by atoms with Crippen molar-refractivity contribution in [2.24, 2.45) is 0 Å². The van der Waals surface area contributed by atoms with E-state index in [1.54, 1.807) is 24.3 Å². The maximum absolute atomic E-state index is 16.0. The Morgan fingerprint density at radius 3 is 2.50 bits per heavy atom. The standard InChI is InChI=1S/C25H33BClF2N7/c27-23-9-7-21-25(19-5-2-1-3-6-19)22-8-10-24(36(22)26(28,29)35(21)23)34-18-20-17-32-14-13-30-11-4-12-31-15-16-33-20/h1-3,5-10,20,30-34H,4,11-18H2. The number of hydrogen-bond donors (Lipinski definition) is 5. The van der Waals surface area contributed by atoms with Gasteiger partial charge in [0.25, 0.3) is 0 Å². The van der Waals surface area contributed by atoms with Gasteiger partial charge in [-0.3, -0.25) is 5.32 Å². The fraction of sp³-hybridized carbons (Fsp3) is 0.400. The van der Waals surface area contributed by atoms with Gasteiger partial charge in [0.1, 0.15) is 0 Å². The molecule has 36 heavy (non-hydrogen) atoms. The molecule has 7 nitrogen and oxygen atoms in total. The van der Waals surface area contributed by atoms with E-state index < -0.39 is 6.97 Å². The molecule has 1 unspecified atom stereocenters. The minimum atomic E-state index is -4.17. The SMILES string of the molecule is F[B-]1(F)n2c(Cl)ccc2C(c2ccccc2)=C2C=CC(NCC3CNCCNCCCNCCN3)=[N+]21. The van der Waals surface area contributed by atoms with E-state index in [-0.39, 0.29) is 11.2 Å². The quantitative estimate of drug-likeness (QED) is 0.404. The van der Waals surface area contributed by atoms with Gasteiger partial charge >= 0.3 is 6.97 Å². The third-order valence-electron chi connectivity index (χ3n) is 6.82. The van der Waals surface area contributed by atoms with Crippen molar-refractivity contribution in [2.75, 3.05) is 52.4 Å². The lowest BCUT2D eigenvalue weighted by molar-refractivity contribution is -0.363. The van der Waals surface area contributed by atoms with E-state index in [2.05, 4.69) is 26.6 Å². The number of halogens is 3. The zero-order valence-corrected chi connectivity index (χ0v) is 21.0. The average Bonchev–Trinajstić information content (AvgIpc) is 3.48. The Hall–Kier alpha value is -2.50. The molecule has 11 heteroatoms. The van der Waals surface area contributed by atoms with Crippen LogP contribution < -0.4 is 26.6 Å². The van der Waals surface area contributed by atoms with Gasteiger partial charge in [-0.15, -0.1) is 0 Å². The van der Waals surface area contributed by atoms with Crippen LogP contribution in [0.25, 0.3) is 5.57 Å². The van der Waals surface area contributed by atoms with Gasteiger partial charge in [-0.1, -0.05) is 41.9 Å². The molecule has 4 heterocycles. The third-order valence-corrected chi connectivity index (χ3v) is 7.13. The molecule has 2 aromatic rings. The summed E-state index contributed by atoms with van der Waals surface area (Å²) in [6, 6.07) is 12.9. The number of allylic oxidation sites excluding steroid dienone is 1. The van der Waals surface area contributed by atoms with Gasteiger partial charge in [0.15, 0.2) is 0 Å². The molecule has 0 amide bonds. The Morgan fingerprint density at radius 2 is 1.69 bits per heavy atom. The highest BCUT2D eigenvalue weighted by Crippen LogP contribution is 2.41. The van der Waals surface area contributed by atoms with Gasteiger partial charge in [-0.2, -0.15) is 0 Å². The predicted molar refractivity (Wildman–Crippen MR) is 143 cm³/mol. The monoisotopic (exact) mass is 515 g/mol. The van der Waals surface area contributed by atoms with E-state index in [9.17, 15) is 0 Å². The number of amidine groups is 1. The lowest BCUT2D eigenvalue weighted by Crippen LogP contribution is -2.55. The molecule has 1 saturated heterocycles. The van der Waals surface area contributed by atoms with E-state index in [0.29, 0.717) is 23.8 Å². The average molecular weight is 516 g/mol. The molecule has 1 aromatic carbocycles. The van der Waals surface area contributed by atoms with Crippen LogP contribution >= 0.6 is 11.6 Å². The number of benzene rings is 1. The summed E-state index contributed by atoms with van der Waals surface area (Å²) in [5, 5.41) is 17.2. The van der Waals surface area contributed by atoms with Gasteiger partial charge in [0.2, 0.25) is 5.84 Å². The summed E-state index contributed by atoms with van der Waals surface area (Å²) in [6.45, 7) is 2.47. The Morgan fingerprint density at radius 1 is 0.944 bits per heavy atom. The summed E-state index contributed by atoms with van der Waals surface area (Å²) in [7, 11) is 0. The molecule has 5 rings (SSSR count). The van der Waals surface area contributed by atoms with Crippen LogP contribution in [-0.2, 0) is 0 Å². The Kier molecular flexibility index (Phi) is 7.88. The van der Waals surface area contributed by atoms with Crippen molar-refractivity contribution in [1.82, 2.24) is 31.1 Å². The Labute approximate surface area is 215 Å². The van der Waals surface area contributed by atoms with Gasteiger partial charge < -0.3 is 38.9 Å². The van der Waals surface area contributed by atoms with Crippen LogP contribution in [-0.4, -0.2) is 80.2 Å². The fourth-order valence-electron chi connectivity index (χ4n) is 5.07. The highest BCUT2D eigenvalue weighted by molar-refractivity contribution is 6.59. The lowest BCUT2D eigenvalue weighted by Gasteiger charge is -2.36.